The first kappa shape index (κ1) is 16.8. The zero-order chi connectivity index (χ0) is 17.8. The van der Waals surface area contributed by atoms with Crippen molar-refractivity contribution in [2.24, 2.45) is 0 Å². The van der Waals surface area contributed by atoms with Crippen LogP contribution >= 0.6 is 0 Å². The number of aryl methyl sites for hydroxylation is 1. The Morgan fingerprint density at radius 1 is 1.16 bits per heavy atom. The number of methoxy groups -OCH3 is 1. The molecule has 2 aromatic carbocycles. The lowest BCUT2D eigenvalue weighted by molar-refractivity contribution is -0.116. The fraction of sp³-hybridized carbons (Fsp3) is 0.222. The first-order chi connectivity index (χ1) is 12.1. The standard InChI is InChI=1S/C18H16FNO5/c1-23-18(22)12-4-5-13(19)14(9-12)20-17(21)7-3-11-2-6-15-16(8-11)25-10-24-15/h2,4-6,8-9H,3,7,10H2,1H3,(H,20,21). The number of carbonyl (C=O) groups excluding carboxylic acids is 2. The number of hydrogen-bond donors (Lipinski definition) is 1. The van der Waals surface area contributed by atoms with Gasteiger partial charge >= 0.3 is 5.97 Å². The van der Waals surface area contributed by atoms with Crippen LogP contribution in [-0.4, -0.2) is 25.8 Å². The van der Waals surface area contributed by atoms with Crippen LogP contribution in [0, 0.1) is 5.82 Å². The highest BCUT2D eigenvalue weighted by molar-refractivity contribution is 5.94. The Balaban J connectivity index is 1.62. The summed E-state index contributed by atoms with van der Waals surface area (Å²) in [6, 6.07) is 9.10. The molecule has 0 saturated heterocycles. The van der Waals surface area contributed by atoms with Crippen molar-refractivity contribution in [2.45, 2.75) is 12.8 Å². The first-order valence-corrected chi connectivity index (χ1v) is 7.63. The van der Waals surface area contributed by atoms with Gasteiger partial charge in [-0.15, -0.1) is 0 Å². The lowest BCUT2D eigenvalue weighted by Crippen LogP contribution is -2.14. The topological polar surface area (TPSA) is 73.9 Å². The molecule has 0 aromatic heterocycles. The summed E-state index contributed by atoms with van der Waals surface area (Å²) in [6.45, 7) is 0.190. The number of carbonyl (C=O) groups is 2. The Kier molecular flexibility index (Phi) is 4.83. The molecule has 1 aliphatic heterocycles. The molecule has 130 valence electrons. The van der Waals surface area contributed by atoms with Gasteiger partial charge in [-0.25, -0.2) is 9.18 Å². The summed E-state index contributed by atoms with van der Waals surface area (Å²) >= 11 is 0. The van der Waals surface area contributed by atoms with Gasteiger partial charge in [-0.2, -0.15) is 0 Å². The molecule has 0 unspecified atom stereocenters. The lowest BCUT2D eigenvalue weighted by atomic mass is 10.1. The molecule has 6 nitrogen and oxygen atoms in total. The Labute approximate surface area is 143 Å². The zero-order valence-electron chi connectivity index (χ0n) is 13.5. The largest absolute Gasteiger partial charge is 0.465 e. The van der Waals surface area contributed by atoms with Crippen molar-refractivity contribution in [3.8, 4) is 11.5 Å². The van der Waals surface area contributed by atoms with Gasteiger partial charge in [-0.3, -0.25) is 4.79 Å². The molecule has 1 N–H and O–H groups in total. The monoisotopic (exact) mass is 345 g/mol. The number of fused-ring (bicyclic) bond motifs is 1. The van der Waals surface area contributed by atoms with E-state index in [1.807, 2.05) is 12.1 Å². The van der Waals surface area contributed by atoms with Crippen LogP contribution in [0.25, 0.3) is 0 Å². The van der Waals surface area contributed by atoms with Gasteiger partial charge in [0.2, 0.25) is 12.7 Å². The molecular weight excluding hydrogens is 329 g/mol. The van der Waals surface area contributed by atoms with Crippen molar-refractivity contribution in [1.29, 1.82) is 0 Å². The van der Waals surface area contributed by atoms with Gasteiger partial charge < -0.3 is 19.5 Å². The van der Waals surface area contributed by atoms with Crippen LogP contribution < -0.4 is 14.8 Å². The van der Waals surface area contributed by atoms with Crippen LogP contribution in [0.2, 0.25) is 0 Å². The number of benzene rings is 2. The Hall–Kier alpha value is -3.09. The average molecular weight is 345 g/mol. The third kappa shape index (κ3) is 3.88. The minimum atomic E-state index is -0.621. The molecule has 0 fully saturated rings. The maximum absolute atomic E-state index is 13.8. The predicted molar refractivity (Wildman–Crippen MR) is 87.3 cm³/mol. The smallest absolute Gasteiger partial charge is 0.337 e. The van der Waals surface area contributed by atoms with E-state index in [2.05, 4.69) is 10.1 Å². The second-order valence-corrected chi connectivity index (χ2v) is 5.42. The van der Waals surface area contributed by atoms with E-state index < -0.39 is 11.8 Å². The SMILES string of the molecule is COC(=O)c1ccc(F)c(NC(=O)CCc2ccc3c(c2)OCO3)c1. The molecule has 0 radical (unpaired) electrons. The van der Waals surface area contributed by atoms with E-state index in [4.69, 9.17) is 9.47 Å². The van der Waals surface area contributed by atoms with Crippen LogP contribution in [0.5, 0.6) is 11.5 Å². The van der Waals surface area contributed by atoms with Gasteiger partial charge in [0.15, 0.2) is 11.5 Å². The number of ether oxygens (including phenoxy) is 3. The normalized spacial score (nSPS) is 11.9. The molecule has 1 aliphatic rings. The Morgan fingerprint density at radius 2 is 1.96 bits per heavy atom. The number of esters is 1. The number of halogens is 1. The number of amides is 1. The highest BCUT2D eigenvalue weighted by atomic mass is 19.1. The summed E-state index contributed by atoms with van der Waals surface area (Å²) in [5.74, 6) is -0.261. The second kappa shape index (κ2) is 7.21. The van der Waals surface area contributed by atoms with Crippen molar-refractivity contribution >= 4 is 17.6 Å². The maximum Gasteiger partial charge on any atom is 0.337 e. The van der Waals surface area contributed by atoms with Crippen molar-refractivity contribution in [3.05, 3.63) is 53.3 Å². The van der Waals surface area contributed by atoms with E-state index in [1.54, 1.807) is 6.07 Å². The van der Waals surface area contributed by atoms with Gasteiger partial charge in [0, 0.05) is 6.42 Å². The van der Waals surface area contributed by atoms with Gasteiger partial charge in [0.1, 0.15) is 5.82 Å². The second-order valence-electron chi connectivity index (χ2n) is 5.42. The molecule has 3 rings (SSSR count). The van der Waals surface area contributed by atoms with Crippen LogP contribution in [0.3, 0.4) is 0 Å². The Bertz CT molecular complexity index is 821. The molecule has 2 aromatic rings. The number of anilines is 1. The number of hydrogen-bond acceptors (Lipinski definition) is 5. The van der Waals surface area contributed by atoms with E-state index in [-0.39, 0.29) is 30.4 Å². The van der Waals surface area contributed by atoms with Crippen LogP contribution in [0.4, 0.5) is 10.1 Å². The van der Waals surface area contributed by atoms with Crippen molar-refractivity contribution in [3.63, 3.8) is 0 Å². The third-order valence-electron chi connectivity index (χ3n) is 3.74. The van der Waals surface area contributed by atoms with E-state index in [0.29, 0.717) is 17.9 Å². The van der Waals surface area contributed by atoms with Gasteiger partial charge in [-0.05, 0) is 42.3 Å². The molecule has 1 heterocycles. The van der Waals surface area contributed by atoms with E-state index >= 15 is 0 Å². The van der Waals surface area contributed by atoms with Crippen LogP contribution in [-0.2, 0) is 16.0 Å². The highest BCUT2D eigenvalue weighted by Gasteiger charge is 2.15. The molecule has 0 bridgehead atoms. The van der Waals surface area contributed by atoms with Crippen molar-refractivity contribution in [2.75, 3.05) is 19.2 Å². The molecule has 0 saturated carbocycles. The summed E-state index contributed by atoms with van der Waals surface area (Å²) in [6.07, 6.45) is 0.613. The molecule has 0 atom stereocenters. The number of rotatable bonds is 5. The quantitative estimate of drug-likeness (QED) is 0.844. The molecule has 0 spiro atoms. The maximum atomic E-state index is 13.8. The molecule has 25 heavy (non-hydrogen) atoms. The van der Waals surface area contributed by atoms with E-state index in [1.165, 1.54) is 19.2 Å². The summed E-state index contributed by atoms with van der Waals surface area (Å²) in [4.78, 5) is 23.6. The summed E-state index contributed by atoms with van der Waals surface area (Å²) in [5, 5.41) is 2.47. The summed E-state index contributed by atoms with van der Waals surface area (Å²) in [7, 11) is 1.23. The summed E-state index contributed by atoms with van der Waals surface area (Å²) < 4.78 is 28.9. The number of nitrogens with one attached hydrogen (secondary N) is 1. The molecular formula is C18H16FNO5. The fourth-order valence-corrected chi connectivity index (χ4v) is 2.43. The van der Waals surface area contributed by atoms with Crippen LogP contribution in [0.1, 0.15) is 22.3 Å². The molecule has 0 aliphatic carbocycles. The van der Waals surface area contributed by atoms with Gasteiger partial charge in [0.05, 0.1) is 18.4 Å². The fourth-order valence-electron chi connectivity index (χ4n) is 2.43. The van der Waals surface area contributed by atoms with Crippen molar-refractivity contribution in [1.82, 2.24) is 0 Å². The molecule has 7 heteroatoms. The van der Waals surface area contributed by atoms with Gasteiger partial charge in [-0.1, -0.05) is 6.07 Å². The minimum Gasteiger partial charge on any atom is -0.465 e. The predicted octanol–water partition coefficient (Wildman–Crippen LogP) is 2.91. The molecule has 1 amide bonds. The van der Waals surface area contributed by atoms with Gasteiger partial charge in [0.25, 0.3) is 0 Å². The van der Waals surface area contributed by atoms with E-state index in [0.717, 1.165) is 11.6 Å². The average Bonchev–Trinajstić information content (AvgIpc) is 3.09. The Morgan fingerprint density at radius 3 is 2.76 bits per heavy atom. The van der Waals surface area contributed by atoms with Crippen LogP contribution in [0.15, 0.2) is 36.4 Å². The zero-order valence-corrected chi connectivity index (χ0v) is 13.5. The third-order valence-corrected chi connectivity index (χ3v) is 3.74. The summed E-state index contributed by atoms with van der Waals surface area (Å²) in [5.41, 5.74) is 1.01. The highest BCUT2D eigenvalue weighted by Crippen LogP contribution is 2.32. The van der Waals surface area contributed by atoms with Crippen molar-refractivity contribution < 1.29 is 28.2 Å². The first-order valence-electron chi connectivity index (χ1n) is 7.63. The lowest BCUT2D eigenvalue weighted by Gasteiger charge is -2.08. The van der Waals surface area contributed by atoms with E-state index in [9.17, 15) is 14.0 Å². The minimum absolute atomic E-state index is 0.0569.